The summed E-state index contributed by atoms with van der Waals surface area (Å²) in [6, 6.07) is 6.47. The van der Waals surface area contributed by atoms with E-state index in [1.807, 2.05) is 0 Å². The molecule has 0 radical (unpaired) electrons. The first kappa shape index (κ1) is 16.1. The first-order valence-corrected chi connectivity index (χ1v) is 7.43. The highest BCUT2D eigenvalue weighted by molar-refractivity contribution is 7.99. The number of ether oxygens (including phenoxy) is 1. The molecule has 106 valence electrons. The average molecular weight is 281 g/mol. The molecule has 1 unspecified atom stereocenters. The van der Waals surface area contributed by atoms with Gasteiger partial charge in [0.1, 0.15) is 5.54 Å². The number of carbonyl (C=O) groups excluding carboxylic acids is 1. The molecule has 0 fully saturated rings. The van der Waals surface area contributed by atoms with Crippen LogP contribution in [0.15, 0.2) is 23.1 Å². The van der Waals surface area contributed by atoms with Crippen molar-refractivity contribution in [2.24, 2.45) is 5.73 Å². The van der Waals surface area contributed by atoms with Crippen molar-refractivity contribution in [3.63, 3.8) is 0 Å². The molecule has 0 saturated heterocycles. The van der Waals surface area contributed by atoms with Crippen molar-refractivity contribution < 1.29 is 9.53 Å². The number of carbonyl (C=O) groups is 1. The van der Waals surface area contributed by atoms with E-state index in [0.717, 1.165) is 12.2 Å². The van der Waals surface area contributed by atoms with Crippen molar-refractivity contribution in [3.05, 3.63) is 29.3 Å². The molecule has 1 rings (SSSR count). The molecule has 3 nitrogen and oxygen atoms in total. The van der Waals surface area contributed by atoms with Crippen LogP contribution in [0.2, 0.25) is 0 Å². The quantitative estimate of drug-likeness (QED) is 0.494. The molecular formula is C15H23NO2S. The first-order valence-electron chi connectivity index (χ1n) is 6.44. The number of rotatable bonds is 6. The number of methoxy groups -OCH3 is 1. The zero-order chi connectivity index (χ0) is 14.5. The van der Waals surface area contributed by atoms with Gasteiger partial charge in [0.05, 0.1) is 7.11 Å². The lowest BCUT2D eigenvalue weighted by Crippen LogP contribution is -2.45. The molecule has 1 atom stereocenters. The van der Waals surface area contributed by atoms with Crippen molar-refractivity contribution in [2.75, 3.05) is 12.9 Å². The van der Waals surface area contributed by atoms with Crippen LogP contribution in [0, 0.1) is 13.8 Å². The summed E-state index contributed by atoms with van der Waals surface area (Å²) in [6.45, 7) is 5.95. The molecule has 0 aliphatic carbocycles. The molecule has 0 amide bonds. The van der Waals surface area contributed by atoms with Crippen molar-refractivity contribution in [1.82, 2.24) is 0 Å². The van der Waals surface area contributed by atoms with Gasteiger partial charge >= 0.3 is 5.97 Å². The number of aryl methyl sites for hydroxylation is 2. The SMILES string of the molecule is COC(=O)C(C)(N)CCCSc1ccc(C)c(C)c1. The lowest BCUT2D eigenvalue weighted by molar-refractivity contribution is -0.146. The molecule has 0 aliphatic rings. The largest absolute Gasteiger partial charge is 0.468 e. The Balaban J connectivity index is 2.38. The van der Waals surface area contributed by atoms with Gasteiger partial charge in [0.25, 0.3) is 0 Å². The van der Waals surface area contributed by atoms with Crippen LogP contribution >= 0.6 is 11.8 Å². The highest BCUT2D eigenvalue weighted by atomic mass is 32.2. The monoisotopic (exact) mass is 281 g/mol. The first-order chi connectivity index (χ1) is 8.86. The van der Waals surface area contributed by atoms with Gasteiger partial charge in [0.15, 0.2) is 0 Å². The maximum absolute atomic E-state index is 11.4. The number of benzene rings is 1. The summed E-state index contributed by atoms with van der Waals surface area (Å²) in [6.07, 6.45) is 1.53. The second-order valence-corrected chi connectivity index (χ2v) is 6.28. The predicted octanol–water partition coefficient (Wildman–Crippen LogP) is 3.07. The van der Waals surface area contributed by atoms with E-state index in [9.17, 15) is 4.79 Å². The van der Waals surface area contributed by atoms with Crippen molar-refractivity contribution in [2.45, 2.75) is 44.0 Å². The Bertz CT molecular complexity index is 444. The van der Waals surface area contributed by atoms with Gasteiger partial charge in [0.2, 0.25) is 0 Å². The van der Waals surface area contributed by atoms with E-state index in [2.05, 4.69) is 36.8 Å². The smallest absolute Gasteiger partial charge is 0.325 e. The van der Waals surface area contributed by atoms with Crippen LogP contribution < -0.4 is 5.73 Å². The van der Waals surface area contributed by atoms with Crippen molar-refractivity contribution in [1.29, 1.82) is 0 Å². The highest BCUT2D eigenvalue weighted by Crippen LogP contribution is 2.23. The van der Waals surface area contributed by atoms with E-state index in [1.165, 1.54) is 23.1 Å². The molecule has 0 bridgehead atoms. The van der Waals surface area contributed by atoms with E-state index >= 15 is 0 Å². The Labute approximate surface area is 119 Å². The summed E-state index contributed by atoms with van der Waals surface area (Å²) in [7, 11) is 1.37. The third-order valence-corrected chi connectivity index (χ3v) is 4.32. The van der Waals surface area contributed by atoms with Gasteiger partial charge in [-0.15, -0.1) is 11.8 Å². The molecule has 1 aromatic rings. The van der Waals surface area contributed by atoms with Crippen LogP contribution in [0.4, 0.5) is 0 Å². The predicted molar refractivity (Wildman–Crippen MR) is 80.5 cm³/mol. The van der Waals surface area contributed by atoms with Gasteiger partial charge in [-0.3, -0.25) is 4.79 Å². The fraction of sp³-hybridized carbons (Fsp3) is 0.533. The summed E-state index contributed by atoms with van der Waals surface area (Å²) in [4.78, 5) is 12.7. The third kappa shape index (κ3) is 4.88. The van der Waals surface area contributed by atoms with Gasteiger partial charge in [-0.1, -0.05) is 6.07 Å². The Morgan fingerprint density at radius 3 is 2.63 bits per heavy atom. The Morgan fingerprint density at radius 2 is 2.05 bits per heavy atom. The normalized spacial score (nSPS) is 13.9. The van der Waals surface area contributed by atoms with Crippen LogP contribution in [0.1, 0.15) is 30.9 Å². The third-order valence-electron chi connectivity index (χ3n) is 3.24. The molecule has 4 heteroatoms. The minimum Gasteiger partial charge on any atom is -0.468 e. The molecule has 1 aromatic carbocycles. The maximum Gasteiger partial charge on any atom is 0.325 e. The number of hydrogen-bond donors (Lipinski definition) is 1. The van der Waals surface area contributed by atoms with Crippen LogP contribution in [0.25, 0.3) is 0 Å². The number of esters is 1. The van der Waals surface area contributed by atoms with Gasteiger partial charge in [-0.2, -0.15) is 0 Å². The summed E-state index contributed by atoms with van der Waals surface area (Å²) < 4.78 is 4.69. The molecule has 0 aromatic heterocycles. The Morgan fingerprint density at radius 1 is 1.37 bits per heavy atom. The van der Waals surface area contributed by atoms with Crippen molar-refractivity contribution in [3.8, 4) is 0 Å². The van der Waals surface area contributed by atoms with E-state index < -0.39 is 5.54 Å². The second-order valence-electron chi connectivity index (χ2n) is 5.11. The van der Waals surface area contributed by atoms with E-state index in [-0.39, 0.29) is 5.97 Å². The molecule has 0 aliphatic heterocycles. The van der Waals surface area contributed by atoms with Gasteiger partial charge in [-0.25, -0.2) is 0 Å². The summed E-state index contributed by atoms with van der Waals surface area (Å²) in [5.41, 5.74) is 7.65. The standard InChI is InChI=1S/C15H23NO2S/c1-11-6-7-13(10-12(11)2)19-9-5-8-15(3,16)14(17)18-4/h6-7,10H,5,8-9,16H2,1-4H3. The van der Waals surface area contributed by atoms with Crippen LogP contribution in [-0.4, -0.2) is 24.4 Å². The summed E-state index contributed by atoms with van der Waals surface area (Å²) in [5.74, 6) is 0.607. The van der Waals surface area contributed by atoms with E-state index in [4.69, 9.17) is 5.73 Å². The molecule has 2 N–H and O–H groups in total. The Hall–Kier alpha value is -1.00. The average Bonchev–Trinajstić information content (AvgIpc) is 2.37. The topological polar surface area (TPSA) is 52.3 Å². The number of hydrogen-bond acceptors (Lipinski definition) is 4. The molecular weight excluding hydrogens is 258 g/mol. The fourth-order valence-corrected chi connectivity index (χ4v) is 2.72. The molecule has 0 heterocycles. The lowest BCUT2D eigenvalue weighted by atomic mass is 9.98. The van der Waals surface area contributed by atoms with E-state index in [1.54, 1.807) is 18.7 Å². The zero-order valence-electron chi connectivity index (χ0n) is 12.2. The number of nitrogens with two attached hydrogens (primary N) is 1. The zero-order valence-corrected chi connectivity index (χ0v) is 13.0. The molecule has 0 spiro atoms. The van der Waals surface area contributed by atoms with Gasteiger partial charge < -0.3 is 10.5 Å². The second kappa shape index (κ2) is 6.96. The Kier molecular flexibility index (Phi) is 5.88. The maximum atomic E-state index is 11.4. The van der Waals surface area contributed by atoms with Crippen LogP contribution in [0.3, 0.4) is 0 Å². The van der Waals surface area contributed by atoms with Crippen LogP contribution in [0.5, 0.6) is 0 Å². The molecule has 0 saturated carbocycles. The van der Waals surface area contributed by atoms with Crippen LogP contribution in [-0.2, 0) is 9.53 Å². The fourth-order valence-electron chi connectivity index (χ4n) is 1.77. The lowest BCUT2D eigenvalue weighted by Gasteiger charge is -2.20. The summed E-state index contributed by atoms with van der Waals surface area (Å²) >= 11 is 1.80. The van der Waals surface area contributed by atoms with Gasteiger partial charge in [-0.05, 0) is 62.6 Å². The minimum absolute atomic E-state index is 0.344. The van der Waals surface area contributed by atoms with Crippen molar-refractivity contribution >= 4 is 17.7 Å². The molecule has 19 heavy (non-hydrogen) atoms. The summed E-state index contributed by atoms with van der Waals surface area (Å²) in [5, 5.41) is 0. The minimum atomic E-state index is -0.876. The van der Waals surface area contributed by atoms with E-state index in [0.29, 0.717) is 6.42 Å². The van der Waals surface area contributed by atoms with Gasteiger partial charge in [0, 0.05) is 4.90 Å². The highest BCUT2D eigenvalue weighted by Gasteiger charge is 2.28. The number of thioether (sulfide) groups is 1.